The van der Waals surface area contributed by atoms with Crippen LogP contribution in [0.1, 0.15) is 38.2 Å². The predicted molar refractivity (Wildman–Crippen MR) is 67.4 cm³/mol. The van der Waals surface area contributed by atoms with Crippen molar-refractivity contribution in [3.8, 4) is 0 Å². The molecule has 1 fully saturated rings. The number of hydrogen-bond acceptors (Lipinski definition) is 2. The van der Waals surface area contributed by atoms with Crippen molar-refractivity contribution in [3.63, 3.8) is 0 Å². The number of pyridine rings is 1. The maximum atomic E-state index is 4.13. The Bertz CT molecular complexity index is 304. The van der Waals surface area contributed by atoms with Gasteiger partial charge in [-0.25, -0.2) is 0 Å². The highest BCUT2D eigenvalue weighted by molar-refractivity contribution is 5.08. The molecule has 1 heterocycles. The van der Waals surface area contributed by atoms with E-state index >= 15 is 0 Å². The summed E-state index contributed by atoms with van der Waals surface area (Å²) in [7, 11) is 0. The number of nitrogens with zero attached hydrogens (tertiary/aromatic N) is 1. The van der Waals surface area contributed by atoms with E-state index in [1.54, 1.807) is 0 Å². The van der Waals surface area contributed by atoms with E-state index < -0.39 is 0 Å². The van der Waals surface area contributed by atoms with E-state index in [4.69, 9.17) is 0 Å². The van der Waals surface area contributed by atoms with Crippen LogP contribution in [0.4, 0.5) is 0 Å². The van der Waals surface area contributed by atoms with Crippen LogP contribution >= 0.6 is 0 Å². The molecule has 0 radical (unpaired) electrons. The molecule has 2 rings (SSSR count). The molecule has 2 heteroatoms. The van der Waals surface area contributed by atoms with Gasteiger partial charge in [0.15, 0.2) is 0 Å². The lowest BCUT2D eigenvalue weighted by molar-refractivity contribution is 0.423. The van der Waals surface area contributed by atoms with Crippen LogP contribution < -0.4 is 5.32 Å². The Hall–Kier alpha value is -0.890. The first-order valence-corrected chi connectivity index (χ1v) is 6.44. The minimum atomic E-state index is 0.670. The Balaban J connectivity index is 1.62. The Morgan fingerprint density at radius 3 is 2.94 bits per heavy atom. The lowest BCUT2D eigenvalue weighted by atomic mass is 10.0. The third-order valence-electron chi connectivity index (χ3n) is 3.55. The molecule has 1 aromatic rings. The molecule has 0 amide bonds. The van der Waals surface area contributed by atoms with Crippen molar-refractivity contribution in [1.82, 2.24) is 10.3 Å². The summed E-state index contributed by atoms with van der Waals surface area (Å²) < 4.78 is 0. The fourth-order valence-corrected chi connectivity index (χ4v) is 2.35. The van der Waals surface area contributed by atoms with Crippen LogP contribution in [0.3, 0.4) is 0 Å². The average molecular weight is 218 g/mol. The molecule has 1 aliphatic rings. The van der Waals surface area contributed by atoms with Crippen molar-refractivity contribution in [1.29, 1.82) is 0 Å². The number of nitrogens with one attached hydrogen (secondary N) is 1. The zero-order valence-electron chi connectivity index (χ0n) is 10.2. The molecule has 1 aromatic heterocycles. The number of rotatable bonds is 7. The Morgan fingerprint density at radius 2 is 2.31 bits per heavy atom. The molecule has 0 aliphatic heterocycles. The standard InChI is InChI=1S/C14H22N2/c1-2-6-14(7-8-14)12-16-10-5-13-4-3-9-15-11-13/h3-4,9,11,16H,2,5-8,10,12H2,1H3. The molecule has 0 aromatic carbocycles. The first-order valence-electron chi connectivity index (χ1n) is 6.44. The molecule has 0 spiro atoms. The van der Waals surface area contributed by atoms with Crippen molar-refractivity contribution >= 4 is 0 Å². The van der Waals surface area contributed by atoms with Gasteiger partial charge in [-0.2, -0.15) is 0 Å². The summed E-state index contributed by atoms with van der Waals surface area (Å²) in [6, 6.07) is 4.16. The largest absolute Gasteiger partial charge is 0.316 e. The maximum Gasteiger partial charge on any atom is 0.0300 e. The summed E-state index contributed by atoms with van der Waals surface area (Å²) >= 11 is 0. The van der Waals surface area contributed by atoms with Gasteiger partial charge in [0.2, 0.25) is 0 Å². The Kier molecular flexibility index (Phi) is 3.94. The van der Waals surface area contributed by atoms with Gasteiger partial charge in [-0.3, -0.25) is 4.98 Å². The summed E-state index contributed by atoms with van der Waals surface area (Å²) in [4.78, 5) is 4.13. The molecular weight excluding hydrogens is 196 g/mol. The molecule has 1 saturated carbocycles. The molecule has 88 valence electrons. The van der Waals surface area contributed by atoms with E-state index in [1.807, 2.05) is 18.5 Å². The van der Waals surface area contributed by atoms with Gasteiger partial charge in [0.1, 0.15) is 0 Å². The first-order chi connectivity index (χ1) is 7.85. The highest BCUT2D eigenvalue weighted by Gasteiger charge is 2.40. The fraction of sp³-hybridized carbons (Fsp3) is 0.643. The van der Waals surface area contributed by atoms with Gasteiger partial charge >= 0.3 is 0 Å². The van der Waals surface area contributed by atoms with Gasteiger partial charge in [0.05, 0.1) is 0 Å². The number of aromatic nitrogens is 1. The smallest absolute Gasteiger partial charge is 0.0300 e. The van der Waals surface area contributed by atoms with Gasteiger partial charge in [-0.05, 0) is 49.3 Å². The highest BCUT2D eigenvalue weighted by Crippen LogP contribution is 2.48. The monoisotopic (exact) mass is 218 g/mol. The third-order valence-corrected chi connectivity index (χ3v) is 3.55. The fourth-order valence-electron chi connectivity index (χ4n) is 2.35. The van der Waals surface area contributed by atoms with E-state index in [-0.39, 0.29) is 0 Å². The second kappa shape index (κ2) is 5.44. The van der Waals surface area contributed by atoms with E-state index in [9.17, 15) is 0 Å². The molecule has 1 N–H and O–H groups in total. The molecule has 0 atom stereocenters. The molecule has 1 aliphatic carbocycles. The minimum absolute atomic E-state index is 0.670. The van der Waals surface area contributed by atoms with Crippen molar-refractivity contribution in [2.75, 3.05) is 13.1 Å². The summed E-state index contributed by atoms with van der Waals surface area (Å²) in [5.41, 5.74) is 2.00. The van der Waals surface area contributed by atoms with E-state index in [2.05, 4.69) is 23.3 Å². The lowest BCUT2D eigenvalue weighted by Gasteiger charge is -2.14. The van der Waals surface area contributed by atoms with Crippen LogP contribution in [0.2, 0.25) is 0 Å². The quantitative estimate of drug-likeness (QED) is 0.712. The van der Waals surface area contributed by atoms with Crippen LogP contribution in [-0.2, 0) is 6.42 Å². The lowest BCUT2D eigenvalue weighted by Crippen LogP contribution is -2.26. The van der Waals surface area contributed by atoms with Gasteiger partial charge in [-0.1, -0.05) is 19.4 Å². The summed E-state index contributed by atoms with van der Waals surface area (Å²) in [6.45, 7) is 4.58. The van der Waals surface area contributed by atoms with Gasteiger partial charge < -0.3 is 5.32 Å². The van der Waals surface area contributed by atoms with Crippen LogP contribution in [-0.4, -0.2) is 18.1 Å². The van der Waals surface area contributed by atoms with E-state index in [1.165, 1.54) is 37.8 Å². The second-order valence-electron chi connectivity index (χ2n) is 5.04. The Morgan fingerprint density at radius 1 is 1.44 bits per heavy atom. The first kappa shape index (κ1) is 11.6. The molecule has 2 nitrogen and oxygen atoms in total. The minimum Gasteiger partial charge on any atom is -0.316 e. The third kappa shape index (κ3) is 3.31. The Labute approximate surface area is 98.5 Å². The topological polar surface area (TPSA) is 24.9 Å². The normalized spacial score (nSPS) is 17.3. The molecule has 0 unspecified atom stereocenters. The van der Waals surface area contributed by atoms with Crippen molar-refractivity contribution < 1.29 is 0 Å². The summed E-state index contributed by atoms with van der Waals surface area (Å²) in [6.07, 6.45) is 10.5. The average Bonchev–Trinajstić information content (AvgIpc) is 3.07. The molecular formula is C14H22N2. The van der Waals surface area contributed by atoms with Crippen molar-refractivity contribution in [2.45, 2.75) is 39.0 Å². The predicted octanol–water partition coefficient (Wildman–Crippen LogP) is 2.79. The molecule has 0 bridgehead atoms. The van der Waals surface area contributed by atoms with Crippen LogP contribution in [0.15, 0.2) is 24.5 Å². The van der Waals surface area contributed by atoms with Crippen LogP contribution in [0.5, 0.6) is 0 Å². The van der Waals surface area contributed by atoms with Gasteiger partial charge in [0, 0.05) is 18.9 Å². The second-order valence-corrected chi connectivity index (χ2v) is 5.04. The van der Waals surface area contributed by atoms with Gasteiger partial charge in [0.25, 0.3) is 0 Å². The van der Waals surface area contributed by atoms with E-state index in [0.717, 1.165) is 13.0 Å². The zero-order chi connectivity index (χ0) is 11.3. The molecule has 16 heavy (non-hydrogen) atoms. The van der Waals surface area contributed by atoms with Crippen molar-refractivity contribution in [3.05, 3.63) is 30.1 Å². The van der Waals surface area contributed by atoms with Crippen LogP contribution in [0.25, 0.3) is 0 Å². The van der Waals surface area contributed by atoms with Crippen LogP contribution in [0, 0.1) is 5.41 Å². The SMILES string of the molecule is CCCC1(CNCCc2cccnc2)CC1. The van der Waals surface area contributed by atoms with Gasteiger partial charge in [-0.15, -0.1) is 0 Å². The zero-order valence-corrected chi connectivity index (χ0v) is 10.2. The maximum absolute atomic E-state index is 4.13. The summed E-state index contributed by atoms with van der Waals surface area (Å²) in [5, 5.41) is 3.59. The summed E-state index contributed by atoms with van der Waals surface area (Å²) in [5.74, 6) is 0. The highest BCUT2D eigenvalue weighted by atomic mass is 14.9. The number of hydrogen-bond donors (Lipinski definition) is 1. The molecule has 0 saturated heterocycles. The van der Waals surface area contributed by atoms with E-state index in [0.29, 0.717) is 5.41 Å². The van der Waals surface area contributed by atoms with Crippen molar-refractivity contribution in [2.24, 2.45) is 5.41 Å².